The van der Waals surface area contributed by atoms with Crippen molar-refractivity contribution in [1.82, 2.24) is 4.90 Å². The van der Waals surface area contributed by atoms with Crippen LogP contribution in [0.4, 0.5) is 4.79 Å². The Labute approximate surface area is 72.3 Å². The number of nitrogens with zero attached hydrogens (tertiary/aromatic N) is 1. The summed E-state index contributed by atoms with van der Waals surface area (Å²) in [5, 5.41) is 9.19. The Hall–Kier alpha value is -0.770. The summed E-state index contributed by atoms with van der Waals surface area (Å²) >= 11 is 0. The van der Waals surface area contributed by atoms with E-state index in [9.17, 15) is 9.90 Å². The minimum absolute atomic E-state index is 0.0203. The molecule has 2 amide bonds. The molecule has 12 heavy (non-hydrogen) atoms. The van der Waals surface area contributed by atoms with E-state index >= 15 is 0 Å². The Kier molecular flexibility index (Phi) is 2.57. The van der Waals surface area contributed by atoms with Crippen molar-refractivity contribution in [3.8, 4) is 0 Å². The summed E-state index contributed by atoms with van der Waals surface area (Å²) in [7, 11) is 1.66. The van der Waals surface area contributed by atoms with Crippen molar-refractivity contribution in [3.05, 3.63) is 0 Å². The molecule has 1 rings (SSSR count). The van der Waals surface area contributed by atoms with Crippen LogP contribution < -0.4 is 5.73 Å². The molecule has 0 aromatic rings. The highest BCUT2D eigenvalue weighted by molar-refractivity contribution is 5.72. The number of hydrogen-bond acceptors (Lipinski definition) is 2. The molecule has 0 bridgehead atoms. The number of carbonyl (C=O) groups excluding carboxylic acids is 1. The SMILES string of the molecule is CN(C(N)=O)C1(CO)CCCC1. The van der Waals surface area contributed by atoms with Crippen LogP contribution in [-0.2, 0) is 0 Å². The number of urea groups is 1. The average Bonchev–Trinajstić information content (AvgIpc) is 2.52. The van der Waals surface area contributed by atoms with Crippen LogP contribution in [-0.4, -0.2) is 35.2 Å². The number of rotatable bonds is 2. The number of aliphatic hydroxyl groups is 1. The molecule has 0 spiro atoms. The highest BCUT2D eigenvalue weighted by Crippen LogP contribution is 2.33. The van der Waals surface area contributed by atoms with Crippen molar-refractivity contribution < 1.29 is 9.90 Å². The van der Waals surface area contributed by atoms with Gasteiger partial charge in [-0.25, -0.2) is 4.79 Å². The van der Waals surface area contributed by atoms with Crippen molar-refractivity contribution in [2.24, 2.45) is 5.73 Å². The first kappa shape index (κ1) is 9.32. The molecule has 0 aliphatic heterocycles. The van der Waals surface area contributed by atoms with Crippen LogP contribution in [0.1, 0.15) is 25.7 Å². The summed E-state index contributed by atoms with van der Waals surface area (Å²) < 4.78 is 0. The first-order valence-electron chi connectivity index (χ1n) is 4.26. The van der Waals surface area contributed by atoms with Crippen LogP contribution in [0.2, 0.25) is 0 Å². The van der Waals surface area contributed by atoms with Gasteiger partial charge in [0.25, 0.3) is 0 Å². The minimum atomic E-state index is -0.453. The second-order valence-corrected chi connectivity index (χ2v) is 3.49. The topological polar surface area (TPSA) is 66.6 Å². The predicted molar refractivity (Wildman–Crippen MR) is 45.6 cm³/mol. The molecule has 4 nitrogen and oxygen atoms in total. The lowest BCUT2D eigenvalue weighted by atomic mass is 9.97. The fourth-order valence-electron chi connectivity index (χ4n) is 1.87. The second kappa shape index (κ2) is 3.31. The van der Waals surface area contributed by atoms with Gasteiger partial charge in [0.2, 0.25) is 0 Å². The van der Waals surface area contributed by atoms with Gasteiger partial charge in [-0.05, 0) is 12.8 Å². The van der Waals surface area contributed by atoms with Gasteiger partial charge in [-0.1, -0.05) is 12.8 Å². The fraction of sp³-hybridized carbons (Fsp3) is 0.875. The van der Waals surface area contributed by atoms with Crippen molar-refractivity contribution in [1.29, 1.82) is 0 Å². The summed E-state index contributed by atoms with van der Waals surface area (Å²) in [6.45, 7) is 0.0203. The molecule has 0 heterocycles. The normalized spacial score (nSPS) is 20.8. The third-order valence-corrected chi connectivity index (χ3v) is 2.87. The van der Waals surface area contributed by atoms with Crippen LogP contribution in [0.5, 0.6) is 0 Å². The van der Waals surface area contributed by atoms with Gasteiger partial charge in [-0.2, -0.15) is 0 Å². The molecule has 0 radical (unpaired) electrons. The van der Waals surface area contributed by atoms with Gasteiger partial charge in [0.1, 0.15) is 0 Å². The second-order valence-electron chi connectivity index (χ2n) is 3.49. The first-order chi connectivity index (χ1) is 5.62. The summed E-state index contributed by atoms with van der Waals surface area (Å²) in [4.78, 5) is 12.4. The molecule has 0 aromatic carbocycles. The van der Waals surface area contributed by atoms with Crippen LogP contribution in [0, 0.1) is 0 Å². The molecule has 1 aliphatic rings. The van der Waals surface area contributed by atoms with Gasteiger partial charge in [0.15, 0.2) is 0 Å². The lowest BCUT2D eigenvalue weighted by Gasteiger charge is -2.35. The zero-order valence-corrected chi connectivity index (χ0v) is 7.42. The van der Waals surface area contributed by atoms with Crippen molar-refractivity contribution in [2.75, 3.05) is 13.7 Å². The number of carbonyl (C=O) groups is 1. The maximum absolute atomic E-state index is 10.9. The molecule has 0 unspecified atom stereocenters. The number of aliphatic hydroxyl groups excluding tert-OH is 1. The van der Waals surface area contributed by atoms with Crippen molar-refractivity contribution >= 4 is 6.03 Å². The fourth-order valence-corrected chi connectivity index (χ4v) is 1.87. The lowest BCUT2D eigenvalue weighted by Crippen LogP contribution is -2.52. The predicted octanol–water partition coefficient (Wildman–Crippen LogP) is 0.302. The molecule has 1 fully saturated rings. The van der Waals surface area contributed by atoms with Gasteiger partial charge in [0, 0.05) is 7.05 Å². The molecule has 0 saturated heterocycles. The van der Waals surface area contributed by atoms with Crippen LogP contribution in [0.25, 0.3) is 0 Å². The Balaban J connectivity index is 2.71. The third-order valence-electron chi connectivity index (χ3n) is 2.87. The Morgan fingerprint density at radius 1 is 1.58 bits per heavy atom. The molecule has 0 atom stereocenters. The maximum Gasteiger partial charge on any atom is 0.315 e. The highest BCUT2D eigenvalue weighted by atomic mass is 16.3. The van der Waals surface area contributed by atoms with E-state index < -0.39 is 6.03 Å². The van der Waals surface area contributed by atoms with Gasteiger partial charge in [-0.3, -0.25) is 0 Å². The molecule has 70 valence electrons. The lowest BCUT2D eigenvalue weighted by molar-refractivity contribution is 0.0794. The van der Waals surface area contributed by atoms with Crippen LogP contribution >= 0.6 is 0 Å². The van der Waals surface area contributed by atoms with E-state index in [-0.39, 0.29) is 12.1 Å². The molecular weight excluding hydrogens is 156 g/mol. The molecule has 0 aromatic heterocycles. The quantitative estimate of drug-likeness (QED) is 0.629. The maximum atomic E-state index is 10.9. The van der Waals surface area contributed by atoms with Crippen LogP contribution in [0.15, 0.2) is 0 Å². The zero-order valence-electron chi connectivity index (χ0n) is 7.42. The first-order valence-corrected chi connectivity index (χ1v) is 4.26. The Morgan fingerprint density at radius 3 is 2.42 bits per heavy atom. The summed E-state index contributed by atoms with van der Waals surface area (Å²) in [6.07, 6.45) is 3.86. The summed E-state index contributed by atoms with van der Waals surface area (Å²) in [5.41, 5.74) is 4.78. The van der Waals surface area contributed by atoms with E-state index in [1.165, 1.54) is 4.90 Å². The molecule has 1 aliphatic carbocycles. The van der Waals surface area contributed by atoms with Crippen molar-refractivity contribution in [3.63, 3.8) is 0 Å². The van der Waals surface area contributed by atoms with E-state index in [1.807, 2.05) is 0 Å². The smallest absolute Gasteiger partial charge is 0.315 e. The van der Waals surface area contributed by atoms with E-state index in [0.717, 1.165) is 25.7 Å². The summed E-state index contributed by atoms with van der Waals surface area (Å²) in [5.74, 6) is 0. The largest absolute Gasteiger partial charge is 0.394 e. The van der Waals surface area contributed by atoms with E-state index in [0.29, 0.717) is 0 Å². The van der Waals surface area contributed by atoms with Gasteiger partial charge >= 0.3 is 6.03 Å². The van der Waals surface area contributed by atoms with E-state index in [4.69, 9.17) is 5.73 Å². The molecular formula is C8H16N2O2. The number of likely N-dealkylation sites (N-methyl/N-ethyl adjacent to an activating group) is 1. The monoisotopic (exact) mass is 172 g/mol. The van der Waals surface area contributed by atoms with Gasteiger partial charge in [-0.15, -0.1) is 0 Å². The zero-order chi connectivity index (χ0) is 9.19. The molecule has 3 N–H and O–H groups in total. The average molecular weight is 172 g/mol. The van der Waals surface area contributed by atoms with Gasteiger partial charge in [0.05, 0.1) is 12.1 Å². The summed E-state index contributed by atoms with van der Waals surface area (Å²) in [6, 6.07) is -0.453. The standard InChI is InChI=1S/C8H16N2O2/c1-10(7(9)12)8(6-11)4-2-3-5-8/h11H,2-6H2,1H3,(H2,9,12). The number of amides is 2. The minimum Gasteiger partial charge on any atom is -0.394 e. The van der Waals surface area contributed by atoms with Crippen molar-refractivity contribution in [2.45, 2.75) is 31.2 Å². The van der Waals surface area contributed by atoms with Gasteiger partial charge < -0.3 is 15.7 Å². The number of hydrogen-bond donors (Lipinski definition) is 2. The Bertz CT molecular complexity index is 176. The highest BCUT2D eigenvalue weighted by Gasteiger charge is 2.38. The number of nitrogens with two attached hydrogens (primary N) is 1. The molecule has 1 saturated carbocycles. The third kappa shape index (κ3) is 1.39. The van der Waals surface area contributed by atoms with E-state index in [2.05, 4.69) is 0 Å². The van der Waals surface area contributed by atoms with Crippen LogP contribution in [0.3, 0.4) is 0 Å². The van der Waals surface area contributed by atoms with E-state index in [1.54, 1.807) is 7.05 Å². The number of primary amides is 1. The Morgan fingerprint density at radius 2 is 2.08 bits per heavy atom. The molecule has 4 heteroatoms.